The van der Waals surface area contributed by atoms with Crippen molar-refractivity contribution in [3.05, 3.63) is 29.5 Å². The minimum Gasteiger partial charge on any atom is -0.490 e. The third-order valence-corrected chi connectivity index (χ3v) is 4.31. The minimum atomic E-state index is -0.507. The van der Waals surface area contributed by atoms with Crippen LogP contribution in [0.15, 0.2) is 18.3 Å². The van der Waals surface area contributed by atoms with Gasteiger partial charge in [0.05, 0.1) is 11.7 Å². The number of primary amides is 1. The normalized spacial score (nSPS) is 17.0. The van der Waals surface area contributed by atoms with Crippen LogP contribution >= 0.6 is 12.4 Å². The van der Waals surface area contributed by atoms with E-state index in [4.69, 9.17) is 15.2 Å². The third kappa shape index (κ3) is 4.37. The van der Waals surface area contributed by atoms with E-state index in [2.05, 4.69) is 10.3 Å². The van der Waals surface area contributed by atoms with Crippen LogP contribution in [-0.4, -0.2) is 36.2 Å². The first-order valence-electron chi connectivity index (χ1n) is 8.73. The number of piperidine rings is 1. The van der Waals surface area contributed by atoms with Crippen LogP contribution < -0.4 is 20.5 Å². The van der Waals surface area contributed by atoms with Crippen molar-refractivity contribution in [2.45, 2.75) is 45.8 Å². The molecule has 1 fully saturated rings. The highest BCUT2D eigenvalue weighted by molar-refractivity contribution is 6.02. The van der Waals surface area contributed by atoms with Crippen molar-refractivity contribution < 1.29 is 14.3 Å². The van der Waals surface area contributed by atoms with E-state index >= 15 is 0 Å². The maximum Gasteiger partial charge on any atom is 0.252 e. The van der Waals surface area contributed by atoms with Crippen LogP contribution in [0, 0.1) is 6.92 Å². The van der Waals surface area contributed by atoms with E-state index in [9.17, 15) is 4.79 Å². The summed E-state index contributed by atoms with van der Waals surface area (Å²) in [7, 11) is 0. The van der Waals surface area contributed by atoms with Crippen LogP contribution in [0.2, 0.25) is 0 Å². The van der Waals surface area contributed by atoms with E-state index in [0.29, 0.717) is 17.2 Å². The summed E-state index contributed by atoms with van der Waals surface area (Å²) in [6.07, 6.45) is 3.88. The number of benzene rings is 1. The molecule has 1 amide bonds. The molecule has 1 aliphatic rings. The van der Waals surface area contributed by atoms with Crippen LogP contribution in [0.3, 0.4) is 0 Å². The lowest BCUT2D eigenvalue weighted by Gasteiger charge is -2.24. The molecule has 0 bridgehead atoms. The maximum atomic E-state index is 11.8. The molecule has 0 unspecified atom stereocenters. The predicted octanol–water partition coefficient (Wildman–Crippen LogP) is 2.98. The molecule has 1 aromatic heterocycles. The molecule has 3 rings (SSSR count). The molecule has 2 aromatic rings. The van der Waals surface area contributed by atoms with Crippen molar-refractivity contribution in [1.29, 1.82) is 0 Å². The largest absolute Gasteiger partial charge is 0.490 e. The summed E-state index contributed by atoms with van der Waals surface area (Å²) >= 11 is 0. The molecule has 0 radical (unpaired) electrons. The Morgan fingerprint density at radius 3 is 2.73 bits per heavy atom. The number of fused-ring (bicyclic) bond motifs is 1. The predicted molar refractivity (Wildman–Crippen MR) is 105 cm³/mol. The van der Waals surface area contributed by atoms with Crippen molar-refractivity contribution in [2.75, 3.05) is 13.1 Å². The molecular formula is C19H26ClN3O3. The quantitative estimate of drug-likeness (QED) is 0.833. The van der Waals surface area contributed by atoms with Crippen molar-refractivity contribution in [2.24, 2.45) is 5.73 Å². The van der Waals surface area contributed by atoms with Gasteiger partial charge in [-0.25, -0.2) is 4.98 Å². The van der Waals surface area contributed by atoms with Crippen LogP contribution in [0.1, 0.15) is 42.6 Å². The molecule has 0 saturated carbocycles. The second-order valence-corrected chi connectivity index (χ2v) is 6.76. The lowest BCUT2D eigenvalue weighted by atomic mass is 10.0. The second-order valence-electron chi connectivity index (χ2n) is 6.76. The third-order valence-electron chi connectivity index (χ3n) is 4.31. The number of carbonyl (C=O) groups excluding carboxylic acids is 1. The molecule has 6 nitrogen and oxygen atoms in total. The van der Waals surface area contributed by atoms with Gasteiger partial charge < -0.3 is 20.5 Å². The van der Waals surface area contributed by atoms with E-state index in [1.165, 1.54) is 0 Å². The van der Waals surface area contributed by atoms with E-state index < -0.39 is 5.91 Å². The SMILES string of the molecule is Cc1cnc(O[C@@H]2CCCNC2)c2cc(OC(C)C)c(C(N)=O)cc12.Cl. The summed E-state index contributed by atoms with van der Waals surface area (Å²) in [5.41, 5.74) is 6.88. The summed E-state index contributed by atoms with van der Waals surface area (Å²) in [5, 5.41) is 5.08. The average Bonchev–Trinajstić information content (AvgIpc) is 2.57. The van der Waals surface area contributed by atoms with Crippen LogP contribution in [0.4, 0.5) is 0 Å². The summed E-state index contributed by atoms with van der Waals surface area (Å²) in [5.74, 6) is 0.528. The standard InChI is InChI=1S/C19H25N3O3.ClH/c1-11(2)24-17-8-15-14(7-16(17)18(20)23)12(3)9-22-19(15)25-13-5-4-6-21-10-13;/h7-9,11,13,21H,4-6,10H2,1-3H3,(H2,20,23);1H/t13-;/m1./s1. The van der Waals surface area contributed by atoms with Crippen LogP contribution in [0.25, 0.3) is 10.8 Å². The number of aryl methyl sites for hydroxylation is 1. The topological polar surface area (TPSA) is 86.5 Å². The van der Waals surface area contributed by atoms with Crippen molar-refractivity contribution in [3.8, 4) is 11.6 Å². The fraction of sp³-hybridized carbons (Fsp3) is 0.474. The van der Waals surface area contributed by atoms with Gasteiger partial charge in [0.25, 0.3) is 5.91 Å². The Hall–Kier alpha value is -2.05. The number of aromatic nitrogens is 1. The molecule has 0 aliphatic carbocycles. The Kier molecular flexibility index (Phi) is 6.67. The van der Waals surface area contributed by atoms with Gasteiger partial charge in [-0.1, -0.05) is 0 Å². The van der Waals surface area contributed by atoms with E-state index in [1.807, 2.05) is 26.8 Å². The Bertz CT molecular complexity index is 789. The molecule has 26 heavy (non-hydrogen) atoms. The monoisotopic (exact) mass is 379 g/mol. The first-order valence-corrected chi connectivity index (χ1v) is 8.73. The minimum absolute atomic E-state index is 0. The van der Waals surface area contributed by atoms with Gasteiger partial charge in [-0.3, -0.25) is 4.79 Å². The zero-order valence-corrected chi connectivity index (χ0v) is 16.2. The van der Waals surface area contributed by atoms with Gasteiger partial charge in [-0.2, -0.15) is 0 Å². The van der Waals surface area contributed by atoms with Crippen LogP contribution in [0.5, 0.6) is 11.6 Å². The van der Waals surface area contributed by atoms with Gasteiger partial charge in [-0.05, 0) is 63.2 Å². The highest BCUT2D eigenvalue weighted by atomic mass is 35.5. The molecule has 1 aliphatic heterocycles. The second kappa shape index (κ2) is 8.56. The maximum absolute atomic E-state index is 11.8. The molecule has 3 N–H and O–H groups in total. The highest BCUT2D eigenvalue weighted by Crippen LogP contribution is 2.34. The zero-order valence-electron chi connectivity index (χ0n) is 15.4. The number of pyridine rings is 1. The molecule has 1 aromatic carbocycles. The van der Waals surface area contributed by atoms with Crippen molar-refractivity contribution in [1.82, 2.24) is 10.3 Å². The number of nitrogens with zero attached hydrogens (tertiary/aromatic N) is 1. The number of nitrogens with two attached hydrogens (primary N) is 1. The van der Waals surface area contributed by atoms with Gasteiger partial charge in [-0.15, -0.1) is 12.4 Å². The first-order chi connectivity index (χ1) is 12.0. The van der Waals surface area contributed by atoms with Gasteiger partial charge in [0.2, 0.25) is 5.88 Å². The number of nitrogens with one attached hydrogen (secondary N) is 1. The molecule has 1 atom stereocenters. The highest BCUT2D eigenvalue weighted by Gasteiger charge is 2.20. The number of rotatable bonds is 5. The van der Waals surface area contributed by atoms with E-state index in [1.54, 1.807) is 12.3 Å². The fourth-order valence-corrected chi connectivity index (χ4v) is 3.09. The Morgan fingerprint density at radius 1 is 1.35 bits per heavy atom. The smallest absolute Gasteiger partial charge is 0.252 e. The fourth-order valence-electron chi connectivity index (χ4n) is 3.09. The zero-order chi connectivity index (χ0) is 18.0. The number of hydrogen-bond acceptors (Lipinski definition) is 5. The lowest BCUT2D eigenvalue weighted by Crippen LogP contribution is -2.37. The number of carbonyl (C=O) groups is 1. The average molecular weight is 380 g/mol. The summed E-state index contributed by atoms with van der Waals surface area (Å²) in [6, 6.07) is 3.60. The summed E-state index contributed by atoms with van der Waals surface area (Å²) in [6.45, 7) is 7.61. The number of amides is 1. The molecular weight excluding hydrogens is 354 g/mol. The van der Waals surface area contributed by atoms with Crippen LogP contribution in [-0.2, 0) is 0 Å². The Balaban J connectivity index is 0.00000243. The number of ether oxygens (including phenoxy) is 2. The molecule has 1 saturated heterocycles. The molecule has 7 heteroatoms. The van der Waals surface area contributed by atoms with Crippen molar-refractivity contribution in [3.63, 3.8) is 0 Å². The van der Waals surface area contributed by atoms with E-state index in [0.717, 1.165) is 42.3 Å². The Morgan fingerprint density at radius 2 is 2.12 bits per heavy atom. The van der Waals surface area contributed by atoms with Crippen molar-refractivity contribution >= 4 is 29.1 Å². The van der Waals surface area contributed by atoms with E-state index in [-0.39, 0.29) is 24.6 Å². The van der Waals surface area contributed by atoms with Gasteiger partial charge in [0, 0.05) is 18.1 Å². The van der Waals surface area contributed by atoms with Gasteiger partial charge in [0.1, 0.15) is 11.9 Å². The molecule has 2 heterocycles. The van der Waals surface area contributed by atoms with Gasteiger partial charge >= 0.3 is 0 Å². The lowest BCUT2D eigenvalue weighted by molar-refractivity contribution is 0.0994. The number of hydrogen-bond donors (Lipinski definition) is 2. The summed E-state index contributed by atoms with van der Waals surface area (Å²) < 4.78 is 11.9. The number of halogens is 1. The first kappa shape index (κ1) is 20.3. The Labute approximate surface area is 159 Å². The molecule has 142 valence electrons. The van der Waals surface area contributed by atoms with Gasteiger partial charge in [0.15, 0.2) is 0 Å². The summed E-state index contributed by atoms with van der Waals surface area (Å²) in [4.78, 5) is 16.3. The molecule has 0 spiro atoms.